The van der Waals surface area contributed by atoms with Crippen molar-refractivity contribution in [3.63, 3.8) is 0 Å². The number of likely N-dealkylation sites (N-methyl/N-ethyl adjacent to an activating group) is 1. The number of hydrogen-bond donors (Lipinski definition) is 1. The number of aromatic nitrogens is 2. The standard InChI is InChI=1S/C15H28BrN3/c1-10(15(3,4)5)8-12(17-6)9-13-14(16)11(2)18-19(13)7/h10,12,17H,8-9H2,1-7H3. The van der Waals surface area contributed by atoms with Gasteiger partial charge in [0.15, 0.2) is 0 Å². The Morgan fingerprint density at radius 2 is 1.95 bits per heavy atom. The van der Waals surface area contributed by atoms with Crippen molar-refractivity contribution in [2.45, 2.75) is 53.5 Å². The minimum atomic E-state index is 0.356. The molecule has 3 nitrogen and oxygen atoms in total. The summed E-state index contributed by atoms with van der Waals surface area (Å²) in [6, 6.07) is 0.486. The van der Waals surface area contributed by atoms with Crippen LogP contribution in [0.5, 0.6) is 0 Å². The fourth-order valence-corrected chi connectivity index (χ4v) is 2.72. The second-order valence-electron chi connectivity index (χ2n) is 6.66. The number of rotatable bonds is 5. The fraction of sp³-hybridized carbons (Fsp3) is 0.800. The van der Waals surface area contributed by atoms with E-state index in [1.165, 1.54) is 12.1 Å². The molecule has 0 amide bonds. The van der Waals surface area contributed by atoms with Crippen LogP contribution in [0.15, 0.2) is 4.47 Å². The van der Waals surface area contributed by atoms with Gasteiger partial charge >= 0.3 is 0 Å². The van der Waals surface area contributed by atoms with Crippen molar-refractivity contribution in [3.05, 3.63) is 15.9 Å². The molecule has 1 rings (SSSR count). The predicted octanol–water partition coefficient (Wildman–Crippen LogP) is 3.69. The molecule has 110 valence electrons. The molecule has 2 atom stereocenters. The zero-order valence-corrected chi connectivity index (χ0v) is 14.9. The minimum Gasteiger partial charge on any atom is -0.317 e. The van der Waals surface area contributed by atoms with Gasteiger partial charge < -0.3 is 5.32 Å². The maximum atomic E-state index is 4.47. The molecule has 2 unspecified atom stereocenters. The number of hydrogen-bond acceptors (Lipinski definition) is 2. The summed E-state index contributed by atoms with van der Waals surface area (Å²) < 4.78 is 3.14. The molecule has 0 aliphatic carbocycles. The van der Waals surface area contributed by atoms with Crippen LogP contribution in [0.3, 0.4) is 0 Å². The summed E-state index contributed by atoms with van der Waals surface area (Å²) >= 11 is 3.65. The average Bonchev–Trinajstić information content (AvgIpc) is 2.53. The number of nitrogens with one attached hydrogen (secondary N) is 1. The first-order valence-corrected chi connectivity index (χ1v) is 7.81. The molecule has 0 bridgehead atoms. The molecule has 0 saturated heterocycles. The van der Waals surface area contributed by atoms with E-state index >= 15 is 0 Å². The third kappa shape index (κ3) is 4.32. The average molecular weight is 330 g/mol. The maximum Gasteiger partial charge on any atom is 0.0738 e. The highest BCUT2D eigenvalue weighted by Gasteiger charge is 2.24. The van der Waals surface area contributed by atoms with E-state index in [0.717, 1.165) is 16.6 Å². The molecule has 0 aliphatic rings. The Hall–Kier alpha value is -0.350. The zero-order valence-electron chi connectivity index (χ0n) is 13.3. The molecule has 0 saturated carbocycles. The van der Waals surface area contributed by atoms with Gasteiger partial charge in [-0.15, -0.1) is 0 Å². The number of halogens is 1. The largest absolute Gasteiger partial charge is 0.317 e. The van der Waals surface area contributed by atoms with Crippen LogP contribution in [-0.2, 0) is 13.5 Å². The summed E-state index contributed by atoms with van der Waals surface area (Å²) in [5.74, 6) is 0.679. The third-order valence-corrected chi connectivity index (χ3v) is 5.26. The van der Waals surface area contributed by atoms with Crippen LogP contribution in [-0.4, -0.2) is 22.9 Å². The summed E-state index contributed by atoms with van der Waals surface area (Å²) in [5, 5.41) is 7.92. The first-order valence-electron chi connectivity index (χ1n) is 7.02. The molecule has 0 radical (unpaired) electrons. The van der Waals surface area contributed by atoms with E-state index in [2.05, 4.69) is 61.1 Å². The Bertz CT molecular complexity index is 418. The molecule has 4 heteroatoms. The quantitative estimate of drug-likeness (QED) is 0.892. The van der Waals surface area contributed by atoms with Crippen molar-refractivity contribution in [2.24, 2.45) is 18.4 Å². The van der Waals surface area contributed by atoms with Crippen LogP contribution in [0.2, 0.25) is 0 Å². The van der Waals surface area contributed by atoms with Gasteiger partial charge in [0.1, 0.15) is 0 Å². The number of aryl methyl sites for hydroxylation is 2. The fourth-order valence-electron chi connectivity index (χ4n) is 2.22. The Morgan fingerprint density at radius 3 is 2.32 bits per heavy atom. The smallest absolute Gasteiger partial charge is 0.0738 e. The lowest BCUT2D eigenvalue weighted by molar-refractivity contribution is 0.224. The number of nitrogens with zero attached hydrogens (tertiary/aromatic N) is 2. The SMILES string of the molecule is CNC(Cc1c(Br)c(C)nn1C)CC(C)C(C)(C)C. The van der Waals surface area contributed by atoms with Crippen molar-refractivity contribution in [3.8, 4) is 0 Å². The Morgan fingerprint density at radius 1 is 1.37 bits per heavy atom. The van der Waals surface area contributed by atoms with E-state index in [9.17, 15) is 0 Å². The van der Waals surface area contributed by atoms with Crippen molar-refractivity contribution in [1.29, 1.82) is 0 Å². The van der Waals surface area contributed by atoms with Crippen LogP contribution >= 0.6 is 15.9 Å². The van der Waals surface area contributed by atoms with E-state index in [0.29, 0.717) is 17.4 Å². The lowest BCUT2D eigenvalue weighted by Gasteiger charge is -2.30. The molecule has 1 aromatic heterocycles. The first kappa shape index (κ1) is 16.7. The molecule has 1 aromatic rings. The molecular formula is C15H28BrN3. The van der Waals surface area contributed by atoms with Gasteiger partial charge in [0.05, 0.1) is 15.9 Å². The topological polar surface area (TPSA) is 29.9 Å². The van der Waals surface area contributed by atoms with Gasteiger partial charge in [-0.3, -0.25) is 4.68 Å². The second-order valence-corrected chi connectivity index (χ2v) is 7.46. The molecule has 1 heterocycles. The van der Waals surface area contributed by atoms with Crippen LogP contribution in [0.25, 0.3) is 0 Å². The minimum absolute atomic E-state index is 0.356. The lowest BCUT2D eigenvalue weighted by Crippen LogP contribution is -2.33. The van der Waals surface area contributed by atoms with Gasteiger partial charge in [-0.25, -0.2) is 0 Å². The third-order valence-electron chi connectivity index (χ3n) is 4.23. The highest BCUT2D eigenvalue weighted by molar-refractivity contribution is 9.10. The van der Waals surface area contributed by atoms with Crippen LogP contribution in [0, 0.1) is 18.3 Å². The van der Waals surface area contributed by atoms with Crippen LogP contribution in [0.1, 0.15) is 45.5 Å². The highest BCUT2D eigenvalue weighted by atomic mass is 79.9. The second kappa shape index (κ2) is 6.40. The van der Waals surface area contributed by atoms with Crippen molar-refractivity contribution < 1.29 is 0 Å². The lowest BCUT2D eigenvalue weighted by atomic mass is 9.78. The van der Waals surface area contributed by atoms with Crippen LogP contribution < -0.4 is 5.32 Å². The maximum absolute atomic E-state index is 4.47. The molecule has 0 spiro atoms. The van der Waals surface area contributed by atoms with E-state index in [-0.39, 0.29) is 0 Å². The van der Waals surface area contributed by atoms with Gasteiger partial charge in [-0.1, -0.05) is 27.7 Å². The van der Waals surface area contributed by atoms with E-state index in [1.807, 2.05) is 18.7 Å². The summed E-state index contributed by atoms with van der Waals surface area (Å²) in [7, 11) is 4.07. The summed E-state index contributed by atoms with van der Waals surface area (Å²) in [6.07, 6.45) is 2.19. The molecule has 0 aliphatic heterocycles. The summed E-state index contributed by atoms with van der Waals surface area (Å²) in [5.41, 5.74) is 2.70. The predicted molar refractivity (Wildman–Crippen MR) is 85.4 cm³/mol. The Labute approximate surface area is 126 Å². The van der Waals surface area contributed by atoms with Gasteiger partial charge in [-0.05, 0) is 47.7 Å². The normalized spacial score (nSPS) is 15.6. The Kier molecular flexibility index (Phi) is 5.63. The van der Waals surface area contributed by atoms with Crippen molar-refractivity contribution >= 4 is 15.9 Å². The Balaban J connectivity index is 2.77. The van der Waals surface area contributed by atoms with E-state index < -0.39 is 0 Å². The van der Waals surface area contributed by atoms with Gasteiger partial charge in [-0.2, -0.15) is 5.10 Å². The first-order chi connectivity index (χ1) is 8.66. The highest BCUT2D eigenvalue weighted by Crippen LogP contribution is 2.30. The van der Waals surface area contributed by atoms with Gasteiger partial charge in [0.2, 0.25) is 0 Å². The molecule has 0 fully saturated rings. The monoisotopic (exact) mass is 329 g/mol. The molecular weight excluding hydrogens is 302 g/mol. The van der Waals surface area contributed by atoms with Crippen molar-refractivity contribution in [2.75, 3.05) is 7.05 Å². The summed E-state index contributed by atoms with van der Waals surface area (Å²) in [6.45, 7) is 11.3. The molecule has 0 aromatic carbocycles. The van der Waals surface area contributed by atoms with Gasteiger partial charge in [0.25, 0.3) is 0 Å². The van der Waals surface area contributed by atoms with E-state index in [1.54, 1.807) is 0 Å². The molecule has 19 heavy (non-hydrogen) atoms. The molecule has 1 N–H and O–H groups in total. The zero-order chi connectivity index (χ0) is 14.8. The van der Waals surface area contributed by atoms with E-state index in [4.69, 9.17) is 0 Å². The van der Waals surface area contributed by atoms with Gasteiger partial charge in [0, 0.05) is 19.5 Å². The van der Waals surface area contributed by atoms with Crippen molar-refractivity contribution in [1.82, 2.24) is 15.1 Å². The van der Waals surface area contributed by atoms with Crippen LogP contribution in [0.4, 0.5) is 0 Å². The summed E-state index contributed by atoms with van der Waals surface area (Å²) in [4.78, 5) is 0.